The number of nitrogens with zero attached hydrogens (tertiary/aromatic N) is 3. The van der Waals surface area contributed by atoms with Crippen LogP contribution in [0.25, 0.3) is 82.4 Å². The fourth-order valence-electron chi connectivity index (χ4n) is 7.63. The standard InChI is InChI=1S/C46H27N3/c47-28-32-24-27-40(46-38-18-6-4-16-36(38)45(30-12-2-1-3-13-30)37-17-5-7-19-39(37)46)41(29-48)44(32)31-22-25-33(26-23-31)49-42-20-10-8-14-34(42)35-15-9-11-21-43(35)49/h1-27H. The molecule has 226 valence electrons. The van der Waals surface area contributed by atoms with Crippen LogP contribution in [0.3, 0.4) is 0 Å². The quantitative estimate of drug-likeness (QED) is 0.184. The molecule has 0 aliphatic rings. The van der Waals surface area contributed by atoms with Gasteiger partial charge in [0.15, 0.2) is 0 Å². The highest BCUT2D eigenvalue weighted by molar-refractivity contribution is 6.22. The van der Waals surface area contributed by atoms with Crippen molar-refractivity contribution in [3.8, 4) is 51.2 Å². The highest BCUT2D eigenvalue weighted by Crippen LogP contribution is 2.46. The molecule has 0 atom stereocenters. The van der Waals surface area contributed by atoms with Gasteiger partial charge < -0.3 is 4.57 Å². The number of hydrogen-bond donors (Lipinski definition) is 0. The zero-order valence-corrected chi connectivity index (χ0v) is 26.4. The fourth-order valence-corrected chi connectivity index (χ4v) is 7.63. The minimum atomic E-state index is 0.472. The first-order valence-electron chi connectivity index (χ1n) is 16.3. The van der Waals surface area contributed by atoms with Crippen LogP contribution in [0.5, 0.6) is 0 Å². The molecule has 1 heterocycles. The summed E-state index contributed by atoms with van der Waals surface area (Å²) >= 11 is 0. The van der Waals surface area contributed by atoms with E-state index in [1.165, 1.54) is 16.3 Å². The third-order valence-electron chi connectivity index (χ3n) is 9.70. The van der Waals surface area contributed by atoms with Gasteiger partial charge in [0.2, 0.25) is 0 Å². The van der Waals surface area contributed by atoms with Crippen molar-refractivity contribution in [3.05, 3.63) is 175 Å². The first-order chi connectivity index (χ1) is 24.3. The van der Waals surface area contributed by atoms with Crippen LogP contribution >= 0.6 is 0 Å². The van der Waals surface area contributed by atoms with Gasteiger partial charge in [-0.25, -0.2) is 0 Å². The summed E-state index contributed by atoms with van der Waals surface area (Å²) in [7, 11) is 0. The number of rotatable bonds is 4. The molecule has 0 radical (unpaired) electrons. The van der Waals surface area contributed by atoms with E-state index in [2.05, 4.69) is 150 Å². The average Bonchev–Trinajstić information content (AvgIpc) is 3.51. The predicted octanol–water partition coefficient (Wildman–Crippen LogP) is 11.8. The summed E-state index contributed by atoms with van der Waals surface area (Å²) in [5, 5.41) is 28.0. The molecule has 3 heteroatoms. The van der Waals surface area contributed by atoms with E-state index in [0.29, 0.717) is 16.7 Å². The molecular weight excluding hydrogens is 595 g/mol. The van der Waals surface area contributed by atoms with Crippen molar-refractivity contribution in [1.82, 2.24) is 4.57 Å². The predicted molar refractivity (Wildman–Crippen MR) is 202 cm³/mol. The Labute approximate surface area is 283 Å². The molecule has 1 aromatic heterocycles. The van der Waals surface area contributed by atoms with Crippen LogP contribution < -0.4 is 0 Å². The maximum absolute atomic E-state index is 10.9. The molecule has 0 bridgehead atoms. The van der Waals surface area contributed by atoms with Crippen molar-refractivity contribution < 1.29 is 0 Å². The summed E-state index contributed by atoms with van der Waals surface area (Å²) < 4.78 is 2.27. The van der Waals surface area contributed by atoms with Crippen molar-refractivity contribution >= 4 is 43.4 Å². The van der Waals surface area contributed by atoms with Gasteiger partial charge in [-0.15, -0.1) is 0 Å². The molecule has 0 saturated carbocycles. The second kappa shape index (κ2) is 11.4. The first-order valence-corrected chi connectivity index (χ1v) is 16.3. The lowest BCUT2D eigenvalue weighted by molar-refractivity contribution is 1.18. The van der Waals surface area contributed by atoms with E-state index in [1.54, 1.807) is 0 Å². The normalized spacial score (nSPS) is 11.2. The van der Waals surface area contributed by atoms with Gasteiger partial charge in [-0.1, -0.05) is 133 Å². The van der Waals surface area contributed by atoms with Gasteiger partial charge in [-0.2, -0.15) is 10.5 Å². The monoisotopic (exact) mass is 621 g/mol. The maximum atomic E-state index is 10.9. The van der Waals surface area contributed by atoms with Gasteiger partial charge in [-0.05, 0) is 74.1 Å². The minimum Gasteiger partial charge on any atom is -0.309 e. The molecule has 8 aromatic carbocycles. The number of nitriles is 2. The number of fused-ring (bicyclic) bond motifs is 5. The smallest absolute Gasteiger partial charge is 0.100 e. The number of hydrogen-bond acceptors (Lipinski definition) is 2. The van der Waals surface area contributed by atoms with Gasteiger partial charge in [0.1, 0.15) is 6.07 Å². The van der Waals surface area contributed by atoms with E-state index in [-0.39, 0.29) is 0 Å². The highest BCUT2D eigenvalue weighted by Gasteiger charge is 2.22. The molecule has 0 saturated heterocycles. The maximum Gasteiger partial charge on any atom is 0.100 e. The molecule has 3 nitrogen and oxygen atoms in total. The summed E-state index contributed by atoms with van der Waals surface area (Å²) in [5.74, 6) is 0. The molecule has 0 fully saturated rings. The Bertz CT molecular complexity index is 2720. The van der Waals surface area contributed by atoms with Crippen LogP contribution in [0.4, 0.5) is 0 Å². The topological polar surface area (TPSA) is 52.5 Å². The molecule has 0 aliphatic heterocycles. The zero-order valence-electron chi connectivity index (χ0n) is 26.4. The Morgan fingerprint density at radius 1 is 0.367 bits per heavy atom. The SMILES string of the molecule is N#Cc1ccc(-c2c3ccccc3c(-c3ccccc3)c3ccccc23)c(C#N)c1-c1ccc(-n2c3ccccc3c3ccccc32)cc1. The van der Waals surface area contributed by atoms with Crippen molar-refractivity contribution in [2.75, 3.05) is 0 Å². The van der Waals surface area contributed by atoms with E-state index in [4.69, 9.17) is 0 Å². The number of para-hydroxylation sites is 2. The third kappa shape index (κ3) is 4.35. The number of aromatic nitrogens is 1. The largest absolute Gasteiger partial charge is 0.309 e. The Morgan fingerprint density at radius 2 is 0.837 bits per heavy atom. The lowest BCUT2D eigenvalue weighted by atomic mass is 9.82. The summed E-state index contributed by atoms with van der Waals surface area (Å²) in [4.78, 5) is 0. The molecule has 0 amide bonds. The van der Waals surface area contributed by atoms with Crippen molar-refractivity contribution in [3.63, 3.8) is 0 Å². The van der Waals surface area contributed by atoms with Crippen LogP contribution in [-0.2, 0) is 0 Å². The van der Waals surface area contributed by atoms with E-state index in [1.807, 2.05) is 30.3 Å². The zero-order chi connectivity index (χ0) is 32.9. The Kier molecular flexibility index (Phi) is 6.58. The van der Waals surface area contributed by atoms with Gasteiger partial charge in [0, 0.05) is 27.6 Å². The first kappa shape index (κ1) is 28.3. The van der Waals surface area contributed by atoms with Crippen molar-refractivity contribution in [1.29, 1.82) is 10.5 Å². The number of benzene rings is 8. The van der Waals surface area contributed by atoms with E-state index in [0.717, 1.165) is 60.5 Å². The summed E-state index contributed by atoms with van der Waals surface area (Å²) in [5.41, 5.74) is 9.84. The molecule has 0 aliphatic carbocycles. The van der Waals surface area contributed by atoms with Gasteiger partial charge >= 0.3 is 0 Å². The Morgan fingerprint density at radius 3 is 1.37 bits per heavy atom. The summed E-state index contributed by atoms with van der Waals surface area (Å²) in [6, 6.07) is 61.2. The Balaban J connectivity index is 1.28. The fraction of sp³-hybridized carbons (Fsp3) is 0. The molecule has 49 heavy (non-hydrogen) atoms. The lowest BCUT2D eigenvalue weighted by Crippen LogP contribution is -1.98. The molecular formula is C46H27N3. The lowest BCUT2D eigenvalue weighted by Gasteiger charge is -2.20. The van der Waals surface area contributed by atoms with Gasteiger partial charge in [-0.3, -0.25) is 0 Å². The molecule has 0 unspecified atom stereocenters. The molecule has 0 spiro atoms. The van der Waals surface area contributed by atoms with Crippen LogP contribution in [0.15, 0.2) is 164 Å². The minimum absolute atomic E-state index is 0.472. The van der Waals surface area contributed by atoms with Crippen molar-refractivity contribution in [2.24, 2.45) is 0 Å². The average molecular weight is 622 g/mol. The summed E-state index contributed by atoms with van der Waals surface area (Å²) in [6.07, 6.45) is 0. The van der Waals surface area contributed by atoms with E-state index < -0.39 is 0 Å². The van der Waals surface area contributed by atoms with Gasteiger partial charge in [0.05, 0.1) is 28.2 Å². The van der Waals surface area contributed by atoms with E-state index >= 15 is 0 Å². The van der Waals surface area contributed by atoms with Crippen LogP contribution in [-0.4, -0.2) is 4.57 Å². The van der Waals surface area contributed by atoms with Crippen LogP contribution in [0.1, 0.15) is 11.1 Å². The third-order valence-corrected chi connectivity index (χ3v) is 9.70. The van der Waals surface area contributed by atoms with E-state index in [9.17, 15) is 10.5 Å². The molecule has 9 rings (SSSR count). The molecule has 0 N–H and O–H groups in total. The van der Waals surface area contributed by atoms with Crippen LogP contribution in [0.2, 0.25) is 0 Å². The second-order valence-electron chi connectivity index (χ2n) is 12.3. The molecule has 9 aromatic rings. The Hall–Kier alpha value is -6.94. The highest BCUT2D eigenvalue weighted by atomic mass is 15.0. The second-order valence-corrected chi connectivity index (χ2v) is 12.3. The summed E-state index contributed by atoms with van der Waals surface area (Å²) in [6.45, 7) is 0. The van der Waals surface area contributed by atoms with Crippen molar-refractivity contribution in [2.45, 2.75) is 0 Å². The van der Waals surface area contributed by atoms with Crippen LogP contribution in [0, 0.1) is 22.7 Å². The van der Waals surface area contributed by atoms with Gasteiger partial charge in [0.25, 0.3) is 0 Å².